The van der Waals surface area contributed by atoms with Crippen LogP contribution in [0.15, 0.2) is 0 Å². The topological polar surface area (TPSA) is 107 Å². The Bertz CT molecular complexity index is 300. The van der Waals surface area contributed by atoms with E-state index in [1.54, 1.807) is 0 Å². The Morgan fingerprint density at radius 2 is 1.69 bits per heavy atom. The summed E-state index contributed by atoms with van der Waals surface area (Å²) in [6.45, 7) is 2.26. The molecule has 0 atom stereocenters. The highest BCUT2D eigenvalue weighted by molar-refractivity contribution is 5.87. The summed E-state index contributed by atoms with van der Waals surface area (Å²) < 4.78 is 0. The molecule has 7 nitrogen and oxygen atoms in total. The molecule has 0 aliphatic rings. The summed E-state index contributed by atoms with van der Waals surface area (Å²) >= 11 is 0. The van der Waals surface area contributed by atoms with Crippen LogP contribution in [0.2, 0.25) is 0 Å². The van der Waals surface area contributed by atoms with Gasteiger partial charge < -0.3 is 15.5 Å². The van der Waals surface area contributed by atoms with Crippen molar-refractivity contribution in [1.29, 1.82) is 0 Å². The predicted molar refractivity (Wildman–Crippen MR) is 55.0 cm³/mol. The van der Waals surface area contributed by atoms with Gasteiger partial charge in [-0.3, -0.25) is 14.5 Å². The lowest BCUT2D eigenvalue weighted by Crippen LogP contribution is -2.52. The maximum absolute atomic E-state index is 11.3. The van der Waals surface area contributed by atoms with Crippen LogP contribution in [0.1, 0.15) is 13.8 Å². The van der Waals surface area contributed by atoms with E-state index in [9.17, 15) is 14.4 Å². The lowest BCUT2D eigenvalue weighted by atomic mass is 10.1. The number of hydrogen-bond donors (Lipinski definition) is 3. The highest BCUT2D eigenvalue weighted by atomic mass is 16.4. The van der Waals surface area contributed by atoms with E-state index in [1.165, 1.54) is 25.8 Å². The van der Waals surface area contributed by atoms with Crippen LogP contribution in [-0.2, 0) is 14.4 Å². The van der Waals surface area contributed by atoms with Crippen molar-refractivity contribution in [3.63, 3.8) is 0 Å². The molecule has 0 saturated carbocycles. The first-order chi connectivity index (χ1) is 7.15. The molecule has 0 saturated heterocycles. The number of nitrogens with zero attached hydrogens (tertiary/aromatic N) is 1. The zero-order chi connectivity index (χ0) is 12.9. The number of likely N-dealkylation sites (N-methyl/N-ethyl adjacent to an activating group) is 1. The van der Waals surface area contributed by atoms with Crippen LogP contribution in [0, 0.1) is 0 Å². The maximum atomic E-state index is 11.3. The minimum atomic E-state index is -1.36. The Hall–Kier alpha value is -1.63. The molecule has 0 radical (unpaired) electrons. The smallest absolute Gasteiger partial charge is 0.328 e. The van der Waals surface area contributed by atoms with Crippen LogP contribution in [0.25, 0.3) is 0 Å². The van der Waals surface area contributed by atoms with E-state index in [2.05, 4.69) is 5.32 Å². The largest absolute Gasteiger partial charge is 0.480 e. The summed E-state index contributed by atoms with van der Waals surface area (Å²) in [5.41, 5.74) is -1.36. The second-order valence-corrected chi connectivity index (χ2v) is 4.04. The molecule has 0 rings (SSSR count). The van der Waals surface area contributed by atoms with Crippen molar-refractivity contribution < 1.29 is 24.6 Å². The van der Waals surface area contributed by atoms with Gasteiger partial charge in [0.1, 0.15) is 5.54 Å². The first kappa shape index (κ1) is 14.4. The van der Waals surface area contributed by atoms with Crippen LogP contribution < -0.4 is 5.32 Å². The third-order valence-corrected chi connectivity index (χ3v) is 1.81. The van der Waals surface area contributed by atoms with Gasteiger partial charge in [-0.05, 0) is 20.9 Å². The van der Waals surface area contributed by atoms with E-state index in [1.807, 2.05) is 0 Å². The van der Waals surface area contributed by atoms with Crippen LogP contribution in [0.4, 0.5) is 0 Å². The summed E-state index contributed by atoms with van der Waals surface area (Å²) in [5, 5.41) is 19.5. The summed E-state index contributed by atoms with van der Waals surface area (Å²) in [6.07, 6.45) is 0. The molecular weight excluding hydrogens is 216 g/mol. The molecule has 0 aromatic rings. The van der Waals surface area contributed by atoms with Gasteiger partial charge >= 0.3 is 11.9 Å². The standard InChI is InChI=1S/C9H16N2O5/c1-9(2,8(15)16)10-6(12)4-11(3)5-7(13)14/h4-5H2,1-3H3,(H,10,12)(H,13,14)(H,15,16). The van der Waals surface area contributed by atoms with Crippen molar-refractivity contribution in [1.82, 2.24) is 10.2 Å². The molecule has 0 bridgehead atoms. The third-order valence-electron chi connectivity index (χ3n) is 1.81. The van der Waals surface area contributed by atoms with Crippen molar-refractivity contribution in [2.24, 2.45) is 0 Å². The van der Waals surface area contributed by atoms with Crippen LogP contribution >= 0.6 is 0 Å². The fourth-order valence-electron chi connectivity index (χ4n) is 0.974. The first-order valence-electron chi connectivity index (χ1n) is 4.60. The average molecular weight is 232 g/mol. The second kappa shape index (κ2) is 5.45. The van der Waals surface area contributed by atoms with E-state index in [4.69, 9.17) is 10.2 Å². The first-order valence-corrected chi connectivity index (χ1v) is 4.60. The van der Waals surface area contributed by atoms with E-state index in [0.717, 1.165) is 0 Å². The van der Waals surface area contributed by atoms with E-state index >= 15 is 0 Å². The minimum absolute atomic E-state index is 0.164. The Morgan fingerprint density at radius 1 is 1.19 bits per heavy atom. The van der Waals surface area contributed by atoms with Crippen molar-refractivity contribution in [3.05, 3.63) is 0 Å². The second-order valence-electron chi connectivity index (χ2n) is 4.04. The number of carboxylic acids is 2. The van der Waals surface area contributed by atoms with E-state index in [-0.39, 0.29) is 13.1 Å². The molecule has 0 fully saturated rings. The van der Waals surface area contributed by atoms with Gasteiger partial charge in [0.2, 0.25) is 5.91 Å². The quantitative estimate of drug-likeness (QED) is 0.541. The van der Waals surface area contributed by atoms with Gasteiger partial charge in [0.05, 0.1) is 13.1 Å². The van der Waals surface area contributed by atoms with Crippen molar-refractivity contribution in [2.45, 2.75) is 19.4 Å². The van der Waals surface area contributed by atoms with Crippen LogP contribution in [0.5, 0.6) is 0 Å². The maximum Gasteiger partial charge on any atom is 0.328 e. The van der Waals surface area contributed by atoms with Gasteiger partial charge in [0.15, 0.2) is 0 Å². The molecule has 0 spiro atoms. The monoisotopic (exact) mass is 232 g/mol. The molecule has 1 amide bonds. The molecule has 16 heavy (non-hydrogen) atoms. The normalized spacial score (nSPS) is 11.2. The SMILES string of the molecule is CN(CC(=O)O)CC(=O)NC(C)(C)C(=O)O. The predicted octanol–water partition coefficient (Wildman–Crippen LogP) is -1.02. The lowest BCUT2D eigenvalue weighted by Gasteiger charge is -2.22. The number of amides is 1. The Kier molecular flexibility index (Phi) is 4.90. The summed E-state index contributed by atoms with van der Waals surface area (Å²) in [6, 6.07) is 0. The minimum Gasteiger partial charge on any atom is -0.480 e. The van der Waals surface area contributed by atoms with E-state index in [0.29, 0.717) is 0 Å². The zero-order valence-corrected chi connectivity index (χ0v) is 9.48. The van der Waals surface area contributed by atoms with E-state index < -0.39 is 23.4 Å². The van der Waals surface area contributed by atoms with Crippen molar-refractivity contribution in [2.75, 3.05) is 20.1 Å². The van der Waals surface area contributed by atoms with Crippen molar-refractivity contribution >= 4 is 17.8 Å². The molecule has 0 heterocycles. The summed E-state index contributed by atoms with van der Waals surface area (Å²) in [5.74, 6) is -2.73. The number of aliphatic carboxylic acids is 2. The molecule has 0 aromatic carbocycles. The fraction of sp³-hybridized carbons (Fsp3) is 0.667. The Balaban J connectivity index is 4.19. The van der Waals surface area contributed by atoms with Crippen LogP contribution in [0.3, 0.4) is 0 Å². The molecule has 0 unspecified atom stereocenters. The lowest BCUT2D eigenvalue weighted by molar-refractivity contribution is -0.146. The molecule has 92 valence electrons. The number of carbonyl (C=O) groups is 3. The summed E-state index contributed by atoms with van der Waals surface area (Å²) in [4.78, 5) is 33.6. The van der Waals surface area contributed by atoms with Gasteiger partial charge in [-0.25, -0.2) is 4.79 Å². The summed E-state index contributed by atoms with van der Waals surface area (Å²) in [7, 11) is 1.46. The fourth-order valence-corrected chi connectivity index (χ4v) is 0.974. The molecule has 0 aliphatic heterocycles. The van der Waals surface area contributed by atoms with Gasteiger partial charge in [-0.2, -0.15) is 0 Å². The molecular formula is C9H16N2O5. The number of hydrogen-bond acceptors (Lipinski definition) is 4. The highest BCUT2D eigenvalue weighted by Crippen LogP contribution is 2.01. The average Bonchev–Trinajstić information content (AvgIpc) is 1.99. The molecule has 3 N–H and O–H groups in total. The number of rotatable bonds is 6. The van der Waals surface area contributed by atoms with Crippen molar-refractivity contribution in [3.8, 4) is 0 Å². The van der Waals surface area contributed by atoms with Gasteiger partial charge in [0.25, 0.3) is 0 Å². The Labute approximate surface area is 93.0 Å². The molecule has 0 aliphatic carbocycles. The highest BCUT2D eigenvalue weighted by Gasteiger charge is 2.29. The number of carbonyl (C=O) groups excluding carboxylic acids is 1. The Morgan fingerprint density at radius 3 is 2.06 bits per heavy atom. The number of nitrogens with one attached hydrogen (secondary N) is 1. The van der Waals surface area contributed by atoms with Gasteiger partial charge in [-0.15, -0.1) is 0 Å². The molecule has 0 aromatic heterocycles. The molecule has 7 heteroatoms. The van der Waals surface area contributed by atoms with Gasteiger partial charge in [0, 0.05) is 0 Å². The number of carboxylic acid groups (broad SMARTS) is 2. The third kappa shape index (κ3) is 5.30. The van der Waals surface area contributed by atoms with Gasteiger partial charge in [-0.1, -0.05) is 0 Å². The van der Waals surface area contributed by atoms with Crippen LogP contribution in [-0.4, -0.2) is 58.6 Å². The zero-order valence-electron chi connectivity index (χ0n) is 9.48.